The zero-order chi connectivity index (χ0) is 25.6. The largest absolute Gasteiger partial charge is 0.478 e. The third-order valence-corrected chi connectivity index (χ3v) is 5.23. The van der Waals surface area contributed by atoms with Gasteiger partial charge in [-0.2, -0.15) is 0 Å². The molecule has 0 amide bonds. The summed E-state index contributed by atoms with van der Waals surface area (Å²) in [5, 5.41) is 9.46. The zero-order valence-corrected chi connectivity index (χ0v) is 21.1. The molecule has 35 heavy (non-hydrogen) atoms. The first-order chi connectivity index (χ1) is 17.1. The summed E-state index contributed by atoms with van der Waals surface area (Å²) in [7, 11) is 0. The zero-order valence-electron chi connectivity index (χ0n) is 21.1. The Kier molecular flexibility index (Phi) is 18.5. The summed E-state index contributed by atoms with van der Waals surface area (Å²) in [5.74, 6) is -1.41. The van der Waals surface area contributed by atoms with E-state index < -0.39 is 11.9 Å². The number of aryl methyl sites for hydroxylation is 1. The lowest BCUT2D eigenvalue weighted by Crippen LogP contribution is -2.14. The predicted molar refractivity (Wildman–Crippen MR) is 134 cm³/mol. The molecule has 0 unspecified atom stereocenters. The SMILES string of the molecule is C=CC(=O)OCCOCCOCCOCCOCc1cc(CCCCCCCC)ccc1C(=O)O. The molecular formula is C27H42O8. The van der Waals surface area contributed by atoms with Gasteiger partial charge in [-0.15, -0.1) is 0 Å². The molecule has 0 fully saturated rings. The molecule has 0 aliphatic rings. The van der Waals surface area contributed by atoms with E-state index in [1.54, 1.807) is 6.07 Å². The van der Waals surface area contributed by atoms with Gasteiger partial charge >= 0.3 is 11.9 Å². The second kappa shape index (κ2) is 21.1. The van der Waals surface area contributed by atoms with Crippen molar-refractivity contribution in [1.82, 2.24) is 0 Å². The molecule has 0 aliphatic carbocycles. The minimum atomic E-state index is -0.940. The van der Waals surface area contributed by atoms with Crippen molar-refractivity contribution in [3.63, 3.8) is 0 Å². The number of hydrogen-bond acceptors (Lipinski definition) is 7. The third kappa shape index (κ3) is 16.1. The summed E-state index contributed by atoms with van der Waals surface area (Å²) >= 11 is 0. The van der Waals surface area contributed by atoms with Crippen LogP contribution in [0.4, 0.5) is 0 Å². The number of carbonyl (C=O) groups is 2. The molecule has 0 atom stereocenters. The Morgan fingerprint density at radius 3 is 2.00 bits per heavy atom. The van der Waals surface area contributed by atoms with Gasteiger partial charge in [0.2, 0.25) is 0 Å². The van der Waals surface area contributed by atoms with Crippen LogP contribution in [0.1, 0.15) is 66.9 Å². The van der Waals surface area contributed by atoms with Gasteiger partial charge in [0.15, 0.2) is 0 Å². The summed E-state index contributed by atoms with van der Waals surface area (Å²) in [6.07, 6.45) is 9.45. The molecule has 0 saturated carbocycles. The highest BCUT2D eigenvalue weighted by Crippen LogP contribution is 2.17. The fourth-order valence-corrected chi connectivity index (χ4v) is 3.34. The first kappa shape index (κ1) is 30.8. The van der Waals surface area contributed by atoms with E-state index in [1.165, 1.54) is 32.1 Å². The monoisotopic (exact) mass is 494 g/mol. The Hall–Kier alpha value is -2.26. The van der Waals surface area contributed by atoms with Gasteiger partial charge < -0.3 is 28.8 Å². The highest BCUT2D eigenvalue weighted by Gasteiger charge is 2.11. The van der Waals surface area contributed by atoms with E-state index in [0.29, 0.717) is 51.8 Å². The molecule has 0 saturated heterocycles. The van der Waals surface area contributed by atoms with Gasteiger partial charge in [-0.25, -0.2) is 9.59 Å². The predicted octanol–water partition coefficient (Wildman–Crippen LogP) is 4.58. The maximum absolute atomic E-state index is 11.5. The molecule has 0 aliphatic heterocycles. The highest BCUT2D eigenvalue weighted by molar-refractivity contribution is 5.89. The van der Waals surface area contributed by atoms with E-state index in [0.717, 1.165) is 24.5 Å². The lowest BCUT2D eigenvalue weighted by atomic mass is 10.00. The van der Waals surface area contributed by atoms with Gasteiger partial charge in [-0.3, -0.25) is 0 Å². The van der Waals surface area contributed by atoms with E-state index in [9.17, 15) is 14.7 Å². The number of benzene rings is 1. The molecule has 0 bridgehead atoms. The average molecular weight is 495 g/mol. The van der Waals surface area contributed by atoms with Gasteiger partial charge in [0.25, 0.3) is 0 Å². The van der Waals surface area contributed by atoms with Crippen molar-refractivity contribution < 1.29 is 38.4 Å². The molecule has 0 heterocycles. The van der Waals surface area contributed by atoms with E-state index in [4.69, 9.17) is 23.7 Å². The van der Waals surface area contributed by atoms with E-state index in [2.05, 4.69) is 13.5 Å². The maximum Gasteiger partial charge on any atom is 0.336 e. The molecule has 8 nitrogen and oxygen atoms in total. The average Bonchev–Trinajstić information content (AvgIpc) is 2.86. The van der Waals surface area contributed by atoms with Crippen molar-refractivity contribution in [1.29, 1.82) is 0 Å². The number of hydrogen-bond donors (Lipinski definition) is 1. The fraction of sp³-hybridized carbons (Fsp3) is 0.630. The van der Waals surface area contributed by atoms with Gasteiger partial charge in [0.1, 0.15) is 6.61 Å². The van der Waals surface area contributed by atoms with E-state index in [-0.39, 0.29) is 18.8 Å². The molecule has 8 heteroatoms. The number of unbranched alkanes of at least 4 members (excludes halogenated alkanes) is 5. The normalized spacial score (nSPS) is 10.9. The van der Waals surface area contributed by atoms with Crippen molar-refractivity contribution in [3.05, 3.63) is 47.5 Å². The first-order valence-corrected chi connectivity index (χ1v) is 12.5. The van der Waals surface area contributed by atoms with Gasteiger partial charge in [-0.1, -0.05) is 57.7 Å². The standard InChI is InChI=1S/C27H42O8/c1-3-5-6-7-8-9-10-23-11-12-25(27(29)30)24(21-23)22-34-18-17-32-14-13-31-15-16-33-19-20-35-26(28)4-2/h4,11-12,21H,2-3,5-10,13-20,22H2,1H3,(H,29,30). The first-order valence-electron chi connectivity index (χ1n) is 12.5. The van der Waals surface area contributed by atoms with Crippen LogP contribution in [0.25, 0.3) is 0 Å². The molecule has 198 valence electrons. The third-order valence-electron chi connectivity index (χ3n) is 5.23. The highest BCUT2D eigenvalue weighted by atomic mass is 16.6. The number of carbonyl (C=O) groups excluding carboxylic acids is 1. The Bertz CT molecular complexity index is 719. The topological polar surface area (TPSA) is 101 Å². The Morgan fingerprint density at radius 2 is 1.40 bits per heavy atom. The lowest BCUT2D eigenvalue weighted by Gasteiger charge is -2.11. The summed E-state index contributed by atoms with van der Waals surface area (Å²) in [6.45, 7) is 8.70. The van der Waals surface area contributed by atoms with Crippen LogP contribution in [-0.2, 0) is 41.5 Å². The maximum atomic E-state index is 11.5. The second-order valence-corrected chi connectivity index (χ2v) is 8.08. The van der Waals surface area contributed by atoms with Gasteiger partial charge in [-0.05, 0) is 30.0 Å². The van der Waals surface area contributed by atoms with Crippen LogP contribution in [0.2, 0.25) is 0 Å². The van der Waals surface area contributed by atoms with Crippen molar-refractivity contribution in [2.45, 2.75) is 58.5 Å². The van der Waals surface area contributed by atoms with Crippen LogP contribution in [-0.4, -0.2) is 69.9 Å². The quantitative estimate of drug-likeness (QED) is 0.134. The molecule has 1 rings (SSSR count). The van der Waals surface area contributed by atoms with E-state index in [1.807, 2.05) is 12.1 Å². The van der Waals surface area contributed by atoms with Crippen molar-refractivity contribution >= 4 is 11.9 Å². The molecular weight excluding hydrogens is 452 g/mol. The number of rotatable bonds is 23. The van der Waals surface area contributed by atoms with Gasteiger partial charge in [0, 0.05) is 6.08 Å². The number of carboxylic acids is 1. The summed E-state index contributed by atoms with van der Waals surface area (Å²) in [4.78, 5) is 22.4. The molecule has 1 N–H and O–H groups in total. The number of ether oxygens (including phenoxy) is 5. The summed E-state index contributed by atoms with van der Waals surface area (Å²) < 4.78 is 26.6. The smallest absolute Gasteiger partial charge is 0.336 e. The van der Waals surface area contributed by atoms with Crippen LogP contribution in [0, 0.1) is 0 Å². The van der Waals surface area contributed by atoms with Crippen molar-refractivity contribution in [2.75, 3.05) is 52.9 Å². The number of esters is 1. The summed E-state index contributed by atoms with van der Waals surface area (Å²) in [5.41, 5.74) is 2.13. The molecule has 0 radical (unpaired) electrons. The van der Waals surface area contributed by atoms with Crippen LogP contribution in [0.5, 0.6) is 0 Å². The molecule has 1 aromatic carbocycles. The molecule has 0 aromatic heterocycles. The van der Waals surface area contributed by atoms with Crippen molar-refractivity contribution in [2.24, 2.45) is 0 Å². The lowest BCUT2D eigenvalue weighted by molar-refractivity contribution is -0.139. The Labute approximate surface area is 209 Å². The van der Waals surface area contributed by atoms with Gasteiger partial charge in [0.05, 0.1) is 58.4 Å². The van der Waals surface area contributed by atoms with Crippen LogP contribution in [0.3, 0.4) is 0 Å². The number of aromatic carboxylic acids is 1. The van der Waals surface area contributed by atoms with Crippen molar-refractivity contribution in [3.8, 4) is 0 Å². The molecule has 1 aromatic rings. The molecule has 0 spiro atoms. The Morgan fingerprint density at radius 1 is 0.829 bits per heavy atom. The Balaban J connectivity index is 2.12. The minimum absolute atomic E-state index is 0.186. The number of carboxylic acid groups (broad SMARTS) is 1. The van der Waals surface area contributed by atoms with Crippen LogP contribution >= 0.6 is 0 Å². The second-order valence-electron chi connectivity index (χ2n) is 8.08. The summed E-state index contributed by atoms with van der Waals surface area (Å²) in [6, 6.07) is 5.54. The van der Waals surface area contributed by atoms with Crippen LogP contribution in [0.15, 0.2) is 30.9 Å². The van der Waals surface area contributed by atoms with E-state index >= 15 is 0 Å². The fourth-order valence-electron chi connectivity index (χ4n) is 3.34. The minimum Gasteiger partial charge on any atom is -0.478 e. The van der Waals surface area contributed by atoms with Crippen LogP contribution < -0.4 is 0 Å².